The van der Waals surface area contributed by atoms with Crippen LogP contribution in [0, 0.1) is 0 Å². The fourth-order valence-corrected chi connectivity index (χ4v) is 0. The monoisotopic (exact) mass is 124 g/mol. The van der Waals surface area contributed by atoms with Gasteiger partial charge in [-0.2, -0.15) is 0 Å². The van der Waals surface area contributed by atoms with Crippen LogP contribution in [0.25, 0.3) is 0 Å². The van der Waals surface area contributed by atoms with Crippen molar-refractivity contribution in [1.29, 1.82) is 0 Å². The first-order valence-electron chi connectivity index (χ1n) is 1.46. The second kappa shape index (κ2) is 2.07. The topological polar surface area (TPSA) is 52.0 Å². The number of rotatable bonds is 1. The quantitative estimate of drug-likeness (QED) is 0.265. The summed E-state index contributed by atoms with van der Waals surface area (Å²) < 4.78 is 0. The first-order chi connectivity index (χ1) is 2.56. The smallest absolute Gasteiger partial charge is 0.119 e. The van der Waals surface area contributed by atoms with Crippen molar-refractivity contribution in [1.82, 2.24) is 0 Å². The fraction of sp³-hybridized carbons (Fsp3) is 1.00. The lowest BCUT2D eigenvalue weighted by atomic mass is 10.6. The highest BCUT2D eigenvalue weighted by molar-refractivity contribution is 8.69. The molecule has 4 heteroatoms. The van der Waals surface area contributed by atoms with Crippen LogP contribution in [0.4, 0.5) is 0 Å². The third kappa shape index (κ3) is 4.62. The van der Waals surface area contributed by atoms with Gasteiger partial charge in [0.15, 0.2) is 0 Å². The molecule has 0 fully saturated rings. The molecule has 2 nitrogen and oxygen atoms in total. The molecule has 0 aliphatic rings. The van der Waals surface area contributed by atoms with E-state index in [-0.39, 0.29) is 0 Å². The third-order valence-corrected chi connectivity index (χ3v) is 1.77. The molecule has 38 valence electrons. The van der Waals surface area contributed by atoms with E-state index in [1.807, 2.05) is 0 Å². The van der Waals surface area contributed by atoms with E-state index < -0.39 is 4.99 Å². The first-order valence-corrected chi connectivity index (χ1v) is 3.33. The highest BCUT2D eigenvalue weighted by Gasteiger charge is 2.06. The van der Waals surface area contributed by atoms with E-state index in [0.717, 1.165) is 10.8 Å². The second-order valence-corrected chi connectivity index (χ2v) is 2.89. The predicted molar refractivity (Wildman–Crippen MR) is 33.4 cm³/mol. The summed E-state index contributed by atoms with van der Waals surface area (Å²) in [6.45, 7) is 1.69. The van der Waals surface area contributed by atoms with Gasteiger partial charge in [-0.3, -0.25) is 0 Å². The molecule has 6 heavy (non-hydrogen) atoms. The Morgan fingerprint density at radius 2 is 1.83 bits per heavy atom. The van der Waals surface area contributed by atoms with E-state index in [1.165, 1.54) is 0 Å². The van der Waals surface area contributed by atoms with Crippen molar-refractivity contribution in [3.8, 4) is 0 Å². The maximum atomic E-state index is 5.20. The molecule has 0 saturated heterocycles. The summed E-state index contributed by atoms with van der Waals surface area (Å²) in [7, 11) is 1.13. The van der Waals surface area contributed by atoms with Crippen molar-refractivity contribution in [2.24, 2.45) is 11.5 Å². The second-order valence-electron chi connectivity index (χ2n) is 1.28. The Morgan fingerprint density at radius 3 is 1.83 bits per heavy atom. The minimum atomic E-state index is -0.677. The average Bonchev–Trinajstić information content (AvgIpc) is 1.35. The van der Waals surface area contributed by atoms with E-state index in [2.05, 4.69) is 11.7 Å². The van der Waals surface area contributed by atoms with Gasteiger partial charge >= 0.3 is 0 Å². The van der Waals surface area contributed by atoms with Crippen molar-refractivity contribution < 1.29 is 0 Å². The van der Waals surface area contributed by atoms with Crippen LogP contribution in [0.1, 0.15) is 6.92 Å². The van der Waals surface area contributed by atoms with Gasteiger partial charge in [-0.25, -0.2) is 0 Å². The molecule has 0 aliphatic carbocycles. The highest BCUT2D eigenvalue weighted by Crippen LogP contribution is 2.14. The zero-order chi connectivity index (χ0) is 5.21. The van der Waals surface area contributed by atoms with Gasteiger partial charge in [0, 0.05) is 0 Å². The zero-order valence-electron chi connectivity index (χ0n) is 3.51. The summed E-state index contributed by atoms with van der Waals surface area (Å²) in [4.78, 5) is -0.677. The molecule has 0 aromatic carbocycles. The van der Waals surface area contributed by atoms with Gasteiger partial charge in [-0.05, 0) is 6.92 Å². The van der Waals surface area contributed by atoms with Crippen LogP contribution >= 0.6 is 22.5 Å². The summed E-state index contributed by atoms with van der Waals surface area (Å²) in [5, 5.41) is 0. The van der Waals surface area contributed by atoms with Crippen molar-refractivity contribution >= 4 is 22.5 Å². The van der Waals surface area contributed by atoms with E-state index in [4.69, 9.17) is 11.5 Å². The van der Waals surface area contributed by atoms with Crippen molar-refractivity contribution in [3.63, 3.8) is 0 Å². The molecule has 0 aromatic heterocycles. The van der Waals surface area contributed by atoms with E-state index in [0.29, 0.717) is 0 Å². The predicted octanol–water partition coefficient (Wildman–Crippen LogP) is 0.156. The molecule has 0 rings (SSSR count). The molecule has 0 spiro atoms. The van der Waals surface area contributed by atoms with Crippen LogP contribution in [-0.2, 0) is 0 Å². The van der Waals surface area contributed by atoms with Crippen LogP contribution in [0.3, 0.4) is 0 Å². The fourth-order valence-electron chi connectivity index (χ4n) is 0. The molecular weight excluding hydrogens is 116 g/mol. The van der Waals surface area contributed by atoms with Crippen LogP contribution in [-0.4, -0.2) is 4.99 Å². The molecule has 0 heterocycles. The van der Waals surface area contributed by atoms with E-state index in [9.17, 15) is 0 Å². The number of hydrogen-bond acceptors (Lipinski definition) is 4. The minimum absolute atomic E-state index is 0.677. The molecule has 4 N–H and O–H groups in total. The Bertz CT molecular complexity index is 39.3. The molecule has 0 radical (unpaired) electrons. The van der Waals surface area contributed by atoms with E-state index >= 15 is 0 Å². The number of hydrogen-bond donors (Lipinski definition) is 3. The van der Waals surface area contributed by atoms with Crippen LogP contribution in [0.5, 0.6) is 0 Å². The first kappa shape index (κ1) is 6.62. The lowest BCUT2D eigenvalue weighted by molar-refractivity contribution is 0.723. The van der Waals surface area contributed by atoms with Crippen LogP contribution < -0.4 is 11.5 Å². The van der Waals surface area contributed by atoms with Crippen LogP contribution in [0.2, 0.25) is 0 Å². The Balaban J connectivity index is 3.17. The summed E-state index contributed by atoms with van der Waals surface area (Å²) in [5.41, 5.74) is 10.4. The molecule has 0 bridgehead atoms. The molecule has 0 amide bonds. The van der Waals surface area contributed by atoms with Gasteiger partial charge < -0.3 is 11.5 Å². The number of thiol groups is 1. The summed E-state index contributed by atoms with van der Waals surface area (Å²) in [6, 6.07) is 0. The van der Waals surface area contributed by atoms with Gasteiger partial charge in [0.05, 0.1) is 0 Å². The van der Waals surface area contributed by atoms with Gasteiger partial charge in [0.25, 0.3) is 0 Å². The van der Waals surface area contributed by atoms with Gasteiger partial charge in [-0.15, -0.1) is 11.7 Å². The maximum Gasteiger partial charge on any atom is 0.119 e. The average molecular weight is 124 g/mol. The molecular formula is C2H8N2S2. The van der Waals surface area contributed by atoms with Gasteiger partial charge in [0.1, 0.15) is 4.99 Å². The highest BCUT2D eigenvalue weighted by atomic mass is 33.1. The van der Waals surface area contributed by atoms with Crippen molar-refractivity contribution in [2.45, 2.75) is 11.9 Å². The van der Waals surface area contributed by atoms with Crippen molar-refractivity contribution in [3.05, 3.63) is 0 Å². The largest absolute Gasteiger partial charge is 0.304 e. The van der Waals surface area contributed by atoms with Crippen LogP contribution in [0.15, 0.2) is 0 Å². The molecule has 0 unspecified atom stereocenters. The molecule has 0 atom stereocenters. The van der Waals surface area contributed by atoms with Crippen molar-refractivity contribution in [2.75, 3.05) is 0 Å². The molecule has 0 saturated carbocycles. The molecule has 0 aromatic rings. The Labute approximate surface area is 46.5 Å². The van der Waals surface area contributed by atoms with Gasteiger partial charge in [-0.1, -0.05) is 10.8 Å². The lowest BCUT2D eigenvalue weighted by Crippen LogP contribution is -2.40. The number of nitrogens with two attached hydrogens (primary N) is 2. The molecule has 0 aliphatic heterocycles. The Hall–Kier alpha value is 0.620. The maximum absolute atomic E-state index is 5.20. The summed E-state index contributed by atoms with van der Waals surface area (Å²) in [6.07, 6.45) is 0. The Kier molecular flexibility index (Phi) is 2.28. The Morgan fingerprint density at radius 1 is 1.67 bits per heavy atom. The summed E-state index contributed by atoms with van der Waals surface area (Å²) >= 11 is 3.77. The third-order valence-electron chi connectivity index (χ3n) is 0.197. The summed E-state index contributed by atoms with van der Waals surface area (Å²) in [5.74, 6) is 0. The zero-order valence-corrected chi connectivity index (χ0v) is 5.22. The SMILES string of the molecule is CC(N)(N)SS. The normalized spacial score (nSPS) is 12.0. The van der Waals surface area contributed by atoms with E-state index in [1.54, 1.807) is 6.92 Å². The minimum Gasteiger partial charge on any atom is -0.304 e. The lowest BCUT2D eigenvalue weighted by Gasteiger charge is -2.11. The van der Waals surface area contributed by atoms with Gasteiger partial charge in [0.2, 0.25) is 0 Å². The standard InChI is InChI=1S/C2H8N2S2/c1-2(3,4)6-5/h5H,3-4H2,1H3.